The van der Waals surface area contributed by atoms with E-state index in [1.54, 1.807) is 24.9 Å². The second kappa shape index (κ2) is 8.38. The van der Waals surface area contributed by atoms with Gasteiger partial charge in [0.1, 0.15) is 5.82 Å². The number of aromatic nitrogens is 8. The molecule has 0 bridgehead atoms. The van der Waals surface area contributed by atoms with Crippen LogP contribution in [0.1, 0.15) is 40.4 Å². The highest BCUT2D eigenvalue weighted by atomic mass is 16.5. The van der Waals surface area contributed by atoms with Gasteiger partial charge in [0.15, 0.2) is 5.54 Å². The van der Waals surface area contributed by atoms with Crippen LogP contribution in [0.2, 0.25) is 0 Å². The van der Waals surface area contributed by atoms with E-state index < -0.39 is 5.54 Å². The van der Waals surface area contributed by atoms with Crippen molar-refractivity contribution in [3.63, 3.8) is 0 Å². The number of rotatable bonds is 5. The third-order valence-corrected chi connectivity index (χ3v) is 7.12. The molecule has 0 fully saturated rings. The Kier molecular flexibility index (Phi) is 4.95. The number of fused-ring (bicyclic) bond motifs is 3. The third-order valence-electron chi connectivity index (χ3n) is 7.12. The van der Waals surface area contributed by atoms with Gasteiger partial charge in [-0.3, -0.25) is 10.00 Å². The second-order valence-corrected chi connectivity index (χ2v) is 9.46. The normalized spacial score (nSPS) is 19.1. The fourth-order valence-electron chi connectivity index (χ4n) is 5.41. The van der Waals surface area contributed by atoms with E-state index >= 15 is 0 Å². The molecule has 11 heteroatoms. The first kappa shape index (κ1) is 22.4. The minimum absolute atomic E-state index is 0.208. The number of H-pyrrole nitrogens is 2. The summed E-state index contributed by atoms with van der Waals surface area (Å²) in [6, 6.07) is 13.7. The van der Waals surface area contributed by atoms with Crippen LogP contribution in [-0.2, 0) is 19.0 Å². The van der Waals surface area contributed by atoms with Gasteiger partial charge < -0.3 is 19.2 Å². The van der Waals surface area contributed by atoms with Gasteiger partial charge >= 0.3 is 0 Å². The summed E-state index contributed by atoms with van der Waals surface area (Å²) in [6.07, 6.45) is 6.30. The largest absolute Gasteiger partial charge is 0.481 e. The Balaban J connectivity index is 1.43. The van der Waals surface area contributed by atoms with Gasteiger partial charge in [-0.2, -0.15) is 10.1 Å². The smallest absolute Gasteiger partial charge is 0.223 e. The number of hydrogen-bond acceptors (Lipinski definition) is 8. The molecule has 7 rings (SSSR count). The van der Waals surface area contributed by atoms with Crippen molar-refractivity contribution in [1.82, 2.24) is 45.2 Å². The fourth-order valence-corrected chi connectivity index (χ4v) is 5.41. The summed E-state index contributed by atoms with van der Waals surface area (Å²) >= 11 is 0. The van der Waals surface area contributed by atoms with E-state index in [1.165, 1.54) is 0 Å². The van der Waals surface area contributed by atoms with Crippen LogP contribution >= 0.6 is 0 Å². The van der Waals surface area contributed by atoms with Crippen molar-refractivity contribution >= 4 is 10.9 Å². The first-order chi connectivity index (χ1) is 18.5. The molecule has 0 aliphatic carbocycles. The number of hydrogen-bond donors (Lipinski definition) is 3. The number of imidazole rings is 1. The fraction of sp³-hybridized carbons (Fsp3) is 0.222. The molecule has 11 nitrogen and oxygen atoms in total. The van der Waals surface area contributed by atoms with Crippen LogP contribution in [0.4, 0.5) is 0 Å². The zero-order chi connectivity index (χ0) is 25.9. The summed E-state index contributed by atoms with van der Waals surface area (Å²) < 4.78 is 12.6. The molecule has 0 saturated carbocycles. The molecule has 1 aliphatic rings. The average Bonchev–Trinajstić information content (AvgIpc) is 3.75. The van der Waals surface area contributed by atoms with E-state index in [9.17, 15) is 0 Å². The van der Waals surface area contributed by atoms with Crippen LogP contribution in [0.25, 0.3) is 22.3 Å². The van der Waals surface area contributed by atoms with Crippen LogP contribution in [0.3, 0.4) is 0 Å². The summed E-state index contributed by atoms with van der Waals surface area (Å²) in [6.45, 7) is 1.79. The Labute approximate surface area is 217 Å². The van der Waals surface area contributed by atoms with Gasteiger partial charge in [-0.05, 0) is 24.1 Å². The average molecular weight is 508 g/mol. The molecule has 3 N–H and O–H groups in total. The third kappa shape index (κ3) is 3.36. The molecule has 1 aromatic carbocycles. The molecule has 0 radical (unpaired) electrons. The maximum absolute atomic E-state index is 5.50. The molecular formula is C27H25N9O2. The van der Waals surface area contributed by atoms with Crippen LogP contribution in [0.5, 0.6) is 5.88 Å². The molecule has 0 saturated heterocycles. The van der Waals surface area contributed by atoms with Crippen molar-refractivity contribution in [2.24, 2.45) is 7.05 Å². The second-order valence-electron chi connectivity index (χ2n) is 9.46. The Hall–Kier alpha value is -4.77. The van der Waals surface area contributed by atoms with Crippen LogP contribution < -0.4 is 10.1 Å². The van der Waals surface area contributed by atoms with Crippen molar-refractivity contribution < 1.29 is 9.26 Å². The zero-order valence-corrected chi connectivity index (χ0v) is 21.1. The van der Waals surface area contributed by atoms with Crippen molar-refractivity contribution in [3.8, 4) is 17.3 Å². The maximum atomic E-state index is 5.50. The number of nitrogens with one attached hydrogen (secondary N) is 3. The maximum Gasteiger partial charge on any atom is 0.223 e. The predicted octanol–water partition coefficient (Wildman–Crippen LogP) is 3.57. The molecule has 0 spiro atoms. The minimum atomic E-state index is -0.954. The molecule has 5 aromatic heterocycles. The van der Waals surface area contributed by atoms with Gasteiger partial charge in [-0.15, -0.1) is 0 Å². The van der Waals surface area contributed by atoms with Crippen LogP contribution in [0.15, 0.2) is 65.6 Å². The zero-order valence-electron chi connectivity index (χ0n) is 21.1. The highest BCUT2D eigenvalue weighted by Gasteiger charge is 2.50. The van der Waals surface area contributed by atoms with E-state index in [0.29, 0.717) is 24.0 Å². The lowest BCUT2D eigenvalue weighted by Gasteiger charge is -2.39. The number of para-hydroxylation sites is 1. The number of benzene rings is 1. The summed E-state index contributed by atoms with van der Waals surface area (Å²) in [4.78, 5) is 21.2. The highest BCUT2D eigenvalue weighted by molar-refractivity contribution is 5.86. The molecule has 2 atom stereocenters. The van der Waals surface area contributed by atoms with Gasteiger partial charge in [-0.25, -0.2) is 9.97 Å². The number of pyridine rings is 1. The lowest BCUT2D eigenvalue weighted by molar-refractivity contribution is 0.317. The number of aromatic amines is 2. The molecule has 1 aliphatic heterocycles. The number of ether oxygens (including phenoxy) is 1. The lowest BCUT2D eigenvalue weighted by Crippen LogP contribution is -2.51. The first-order valence-electron chi connectivity index (χ1n) is 12.3. The van der Waals surface area contributed by atoms with Crippen molar-refractivity contribution in [2.75, 3.05) is 7.11 Å². The van der Waals surface area contributed by atoms with Crippen molar-refractivity contribution in [1.29, 1.82) is 0 Å². The van der Waals surface area contributed by atoms with Crippen molar-refractivity contribution in [3.05, 3.63) is 95.4 Å². The van der Waals surface area contributed by atoms with Gasteiger partial charge in [0.2, 0.25) is 17.6 Å². The first-order valence-corrected chi connectivity index (χ1v) is 12.3. The van der Waals surface area contributed by atoms with Crippen molar-refractivity contribution in [2.45, 2.75) is 24.9 Å². The van der Waals surface area contributed by atoms with E-state index in [4.69, 9.17) is 19.2 Å². The molecule has 6 heterocycles. The minimum Gasteiger partial charge on any atom is -0.481 e. The summed E-state index contributed by atoms with van der Waals surface area (Å²) in [7, 11) is 3.50. The summed E-state index contributed by atoms with van der Waals surface area (Å²) in [5.74, 6) is 2.30. The number of aryl methyl sites for hydroxylation is 2. The van der Waals surface area contributed by atoms with Crippen LogP contribution in [0, 0.1) is 6.92 Å². The topological polar surface area (TPSA) is 135 Å². The van der Waals surface area contributed by atoms with E-state index in [0.717, 1.165) is 44.9 Å². The van der Waals surface area contributed by atoms with E-state index in [1.807, 2.05) is 43.7 Å². The van der Waals surface area contributed by atoms with E-state index in [2.05, 4.69) is 48.7 Å². The summed E-state index contributed by atoms with van der Waals surface area (Å²) in [5, 5.41) is 13.9. The van der Waals surface area contributed by atoms with Gasteiger partial charge in [0.25, 0.3) is 0 Å². The summed E-state index contributed by atoms with van der Waals surface area (Å²) in [5.41, 5.74) is 4.64. The Morgan fingerprint density at radius 3 is 2.76 bits per heavy atom. The quantitative estimate of drug-likeness (QED) is 0.322. The van der Waals surface area contributed by atoms with Gasteiger partial charge in [0, 0.05) is 42.7 Å². The molecule has 0 amide bonds. The predicted molar refractivity (Wildman–Crippen MR) is 138 cm³/mol. The van der Waals surface area contributed by atoms with Crippen LogP contribution in [-0.4, -0.2) is 47.0 Å². The van der Waals surface area contributed by atoms with Gasteiger partial charge in [-0.1, -0.05) is 29.4 Å². The number of nitrogens with zero attached hydrogens (tertiary/aromatic N) is 6. The SMILES string of the molecule is COc1cccc(-c2cnc([C@H]3Cc4c([nH]c5ccccc45)[C@@](c4cnn(C)c4)(c4noc(C)n4)N3)[nH]2)n1. The van der Waals surface area contributed by atoms with E-state index in [-0.39, 0.29) is 6.04 Å². The Bertz CT molecular complexity index is 1740. The lowest BCUT2D eigenvalue weighted by atomic mass is 9.79. The molecule has 6 aromatic rings. The molecular weight excluding hydrogens is 482 g/mol. The highest BCUT2D eigenvalue weighted by Crippen LogP contribution is 2.45. The van der Waals surface area contributed by atoms with Gasteiger partial charge in [0.05, 0.1) is 42.6 Å². The molecule has 190 valence electrons. The monoisotopic (exact) mass is 507 g/mol. The standard InChI is InChI=1S/C27H25N9O2/c1-15-30-26(35-38-15)27(16-12-29-36(2)14-16)24-18(17-7-4-5-8-19(17)32-24)11-21(34-27)25-28-13-22(33-25)20-9-6-10-23(31-20)37-3/h4-10,12-14,21,32,34H,11H2,1-3H3,(H,28,33)/t21-,27+/m1/s1. The number of methoxy groups -OCH3 is 1. The Morgan fingerprint density at radius 1 is 1.08 bits per heavy atom. The molecule has 38 heavy (non-hydrogen) atoms. The molecule has 0 unspecified atom stereocenters. The Morgan fingerprint density at radius 2 is 1.97 bits per heavy atom.